The minimum absolute atomic E-state index is 0.0519. The quantitative estimate of drug-likeness (QED) is 0.307. The molecule has 0 fully saturated rings. The predicted molar refractivity (Wildman–Crippen MR) is 114 cm³/mol. The minimum atomic E-state index is -2.17. The third-order valence-electron chi connectivity index (χ3n) is 4.81. The van der Waals surface area contributed by atoms with Gasteiger partial charge in [0.25, 0.3) is 0 Å². The number of hydrogen-bond donors (Lipinski definition) is 1. The molecule has 0 amide bonds. The average molecular weight is 410 g/mol. The van der Waals surface area contributed by atoms with Gasteiger partial charge < -0.3 is 14.4 Å². The van der Waals surface area contributed by atoms with Crippen LogP contribution in [-0.4, -0.2) is 37.0 Å². The Hall–Kier alpha value is -3.39. The molecule has 1 heterocycles. The van der Waals surface area contributed by atoms with Crippen LogP contribution in [0.3, 0.4) is 0 Å². The van der Waals surface area contributed by atoms with Crippen molar-refractivity contribution in [2.45, 2.75) is 13.3 Å². The molecule has 0 radical (unpaired) electrons. The molecule has 0 unspecified atom stereocenters. The van der Waals surface area contributed by atoms with E-state index in [-0.39, 0.29) is 11.2 Å². The summed E-state index contributed by atoms with van der Waals surface area (Å²) in [5.74, 6) is 0.395. The summed E-state index contributed by atoms with van der Waals surface area (Å²) >= 11 is 0. The topological polar surface area (TPSA) is 101 Å². The van der Waals surface area contributed by atoms with Crippen molar-refractivity contribution in [3.8, 4) is 17.2 Å². The molecule has 0 bridgehead atoms. The Morgan fingerprint density at radius 1 is 1.14 bits per heavy atom. The molecule has 0 atom stereocenters. The number of aromatic hydroxyl groups is 1. The Kier molecular flexibility index (Phi) is 4.94. The van der Waals surface area contributed by atoms with Crippen molar-refractivity contribution in [2.24, 2.45) is 0 Å². The first-order valence-corrected chi connectivity index (χ1v) is 10.3. The van der Waals surface area contributed by atoms with E-state index in [0.717, 1.165) is 5.69 Å². The summed E-state index contributed by atoms with van der Waals surface area (Å²) in [6.45, 7) is 3.22. The molecular formula is C21H18N2O5S. The van der Waals surface area contributed by atoms with Crippen molar-refractivity contribution in [1.29, 1.82) is 0 Å². The van der Waals surface area contributed by atoms with E-state index in [1.165, 1.54) is 23.6 Å². The van der Waals surface area contributed by atoms with Gasteiger partial charge in [-0.25, -0.2) is 4.98 Å². The van der Waals surface area contributed by atoms with Crippen LogP contribution in [0.15, 0.2) is 51.7 Å². The number of rotatable bonds is 5. The lowest BCUT2D eigenvalue weighted by Crippen LogP contribution is -2.24. The summed E-state index contributed by atoms with van der Waals surface area (Å²) in [5.41, 5.74) is 2.31. The van der Waals surface area contributed by atoms with Gasteiger partial charge >= 0.3 is 0 Å². The predicted octanol–water partition coefficient (Wildman–Crippen LogP) is 3.05. The molecule has 2 aromatic rings. The summed E-state index contributed by atoms with van der Waals surface area (Å²) in [5, 5.41) is 12.1. The number of phenolic OH excluding ortho intramolecular Hbond substituents is 1. The smallest absolute Gasteiger partial charge is 0.210 e. The second kappa shape index (κ2) is 7.56. The molecular weight excluding hydrogens is 392 g/mol. The van der Waals surface area contributed by atoms with Crippen molar-refractivity contribution in [3.05, 3.63) is 52.7 Å². The van der Waals surface area contributed by atoms with Gasteiger partial charge in [-0.3, -0.25) is 4.79 Å². The Morgan fingerprint density at radius 2 is 1.97 bits per heavy atom. The highest BCUT2D eigenvalue weighted by atomic mass is 32.2. The van der Waals surface area contributed by atoms with E-state index >= 15 is 0 Å². The number of benzene rings is 3. The van der Waals surface area contributed by atoms with Crippen LogP contribution in [0.2, 0.25) is 0 Å². The summed E-state index contributed by atoms with van der Waals surface area (Å²) in [7, 11) is -2.17. The van der Waals surface area contributed by atoms with Gasteiger partial charge in [-0.2, -0.15) is 8.42 Å². The Morgan fingerprint density at radius 3 is 2.72 bits per heavy atom. The van der Waals surface area contributed by atoms with Crippen LogP contribution in [-0.2, 0) is 10.3 Å². The maximum atomic E-state index is 12.4. The Labute approximate surface area is 167 Å². The maximum Gasteiger partial charge on any atom is 0.210 e. The van der Waals surface area contributed by atoms with Crippen molar-refractivity contribution < 1.29 is 17.9 Å². The van der Waals surface area contributed by atoms with E-state index < -0.39 is 10.3 Å². The van der Waals surface area contributed by atoms with Crippen LogP contribution in [0.25, 0.3) is 33.3 Å². The van der Waals surface area contributed by atoms with Crippen molar-refractivity contribution in [3.63, 3.8) is 0 Å². The highest BCUT2D eigenvalue weighted by Gasteiger charge is 2.17. The fraction of sp³-hybridized carbons (Fsp3) is 0.190. The van der Waals surface area contributed by atoms with E-state index in [9.17, 15) is 18.3 Å². The Bertz CT molecular complexity index is 1380. The van der Waals surface area contributed by atoms with E-state index in [1.54, 1.807) is 6.07 Å². The van der Waals surface area contributed by atoms with Crippen LogP contribution >= 0.6 is 0 Å². The molecule has 1 aliphatic carbocycles. The lowest BCUT2D eigenvalue weighted by atomic mass is 10.0. The highest BCUT2D eigenvalue weighted by molar-refractivity contribution is 7.71. The zero-order valence-corrected chi connectivity index (χ0v) is 16.4. The number of hydrogen-bond acceptors (Lipinski definition) is 7. The van der Waals surface area contributed by atoms with E-state index in [0.29, 0.717) is 52.8 Å². The van der Waals surface area contributed by atoms with Crippen molar-refractivity contribution in [2.75, 3.05) is 18.0 Å². The van der Waals surface area contributed by atoms with E-state index in [1.807, 2.05) is 30.0 Å². The van der Waals surface area contributed by atoms with Crippen LogP contribution in [0.5, 0.6) is 5.75 Å². The molecule has 1 N–H and O–H groups in total. The first kappa shape index (κ1) is 18.9. The molecule has 0 aromatic heterocycles. The fourth-order valence-electron chi connectivity index (χ4n) is 3.42. The second-order valence-corrected chi connectivity index (χ2v) is 7.47. The van der Waals surface area contributed by atoms with E-state index in [4.69, 9.17) is 4.42 Å². The molecule has 2 aliphatic rings. The molecule has 0 saturated heterocycles. The summed E-state index contributed by atoms with van der Waals surface area (Å²) < 4.78 is 27.4. The number of fused-ring (bicyclic) bond motifs is 4. The van der Waals surface area contributed by atoms with Crippen LogP contribution in [0.4, 0.5) is 5.69 Å². The van der Waals surface area contributed by atoms with Gasteiger partial charge in [0.2, 0.25) is 10.3 Å². The van der Waals surface area contributed by atoms with Gasteiger partial charge in [-0.1, -0.05) is 0 Å². The maximum absolute atomic E-state index is 12.4. The average Bonchev–Trinajstić information content (AvgIpc) is 2.69. The minimum Gasteiger partial charge on any atom is -0.508 e. The number of anilines is 1. The van der Waals surface area contributed by atoms with Crippen LogP contribution in [0, 0.1) is 0 Å². The van der Waals surface area contributed by atoms with E-state index in [2.05, 4.69) is 4.98 Å². The molecule has 29 heavy (non-hydrogen) atoms. The van der Waals surface area contributed by atoms with Crippen LogP contribution < -0.4 is 10.3 Å². The number of phenols is 1. The molecule has 8 heteroatoms. The summed E-state index contributed by atoms with van der Waals surface area (Å²) in [6.07, 6.45) is 0.407. The number of nitrogens with zero attached hydrogens (tertiary/aromatic N) is 2. The van der Waals surface area contributed by atoms with Crippen LogP contribution in [0.1, 0.15) is 13.3 Å². The first-order chi connectivity index (χ1) is 14.0. The second-order valence-electron chi connectivity index (χ2n) is 6.61. The van der Waals surface area contributed by atoms with Crippen molar-refractivity contribution in [1.82, 2.24) is 4.98 Å². The molecule has 148 valence electrons. The Balaban J connectivity index is 1.84. The molecule has 0 saturated carbocycles. The van der Waals surface area contributed by atoms with Gasteiger partial charge in [-0.05, 0) is 43.7 Å². The third-order valence-corrected chi connectivity index (χ3v) is 5.32. The zero-order chi connectivity index (χ0) is 20.5. The first-order valence-electron chi connectivity index (χ1n) is 9.13. The summed E-state index contributed by atoms with van der Waals surface area (Å²) in [4.78, 5) is 19.1. The molecule has 7 nitrogen and oxygen atoms in total. The molecule has 2 aromatic carbocycles. The molecule has 1 aliphatic heterocycles. The summed E-state index contributed by atoms with van der Waals surface area (Å²) in [6, 6.07) is 11.5. The molecule has 0 spiro atoms. The van der Waals surface area contributed by atoms with Gasteiger partial charge in [0, 0.05) is 47.0 Å². The van der Waals surface area contributed by atoms with Gasteiger partial charge in [0.15, 0.2) is 16.8 Å². The monoisotopic (exact) mass is 410 g/mol. The third kappa shape index (κ3) is 3.66. The lowest BCUT2D eigenvalue weighted by molar-refractivity contribution is 0.476. The highest BCUT2D eigenvalue weighted by Crippen LogP contribution is 2.33. The van der Waals surface area contributed by atoms with Gasteiger partial charge in [0.05, 0.1) is 0 Å². The normalized spacial score (nSPS) is 11.2. The zero-order valence-electron chi connectivity index (χ0n) is 15.6. The lowest BCUT2D eigenvalue weighted by Gasteiger charge is -2.22. The van der Waals surface area contributed by atoms with Crippen molar-refractivity contribution >= 4 is 43.2 Å². The van der Waals surface area contributed by atoms with Gasteiger partial charge in [-0.15, -0.1) is 0 Å². The van der Waals surface area contributed by atoms with Gasteiger partial charge in [0.1, 0.15) is 17.0 Å². The largest absolute Gasteiger partial charge is 0.508 e. The fourth-order valence-corrected chi connectivity index (χ4v) is 3.72. The standard InChI is InChI=1S/C21H18N2O5S/c1-2-23(8-3-9-29(26)27)13-4-7-17-19(10-13)28-20-12-18(25)15-6-5-14(24)11-16(15)21(20)22-17/h4-7,9-12,24H,2-3,8H2,1H3. The molecule has 4 rings (SSSR count). The SMILES string of the molecule is CCN(CCC=S(=O)=O)c1ccc2nc3c4cc(O)ccc4c(=O)cc-3oc2c1. The number of aromatic nitrogens is 1.